The molecule has 98 valence electrons. The highest BCUT2D eigenvalue weighted by atomic mass is 16.4. The predicted molar refractivity (Wildman–Crippen MR) is 63.6 cm³/mol. The summed E-state index contributed by atoms with van der Waals surface area (Å²) in [6.07, 6.45) is 3.22. The second-order valence-corrected chi connectivity index (χ2v) is 3.64. The molecule has 0 atom stereocenters. The number of aromatic nitrogens is 4. The van der Waals surface area contributed by atoms with E-state index >= 15 is 0 Å². The van der Waals surface area contributed by atoms with Crippen LogP contribution in [0.15, 0.2) is 30.6 Å². The van der Waals surface area contributed by atoms with Gasteiger partial charge in [-0.2, -0.15) is 0 Å². The molecule has 2 aromatic heterocycles. The fraction of sp³-hybridized carbons (Fsp3) is 0.182. The zero-order valence-corrected chi connectivity index (χ0v) is 9.85. The maximum Gasteiger partial charge on any atom is 0.354 e. The second-order valence-electron chi connectivity index (χ2n) is 3.64. The van der Waals surface area contributed by atoms with Crippen LogP contribution >= 0.6 is 0 Å². The van der Waals surface area contributed by atoms with Crippen LogP contribution in [0.4, 0.5) is 0 Å². The van der Waals surface area contributed by atoms with Crippen molar-refractivity contribution in [2.75, 3.05) is 6.54 Å². The Kier molecular flexibility index (Phi) is 3.81. The minimum absolute atomic E-state index is 0.0680. The summed E-state index contributed by atoms with van der Waals surface area (Å²) < 4.78 is 1.57. The van der Waals surface area contributed by atoms with Crippen molar-refractivity contribution in [3.8, 4) is 0 Å². The van der Waals surface area contributed by atoms with Crippen LogP contribution in [0.5, 0.6) is 0 Å². The number of hydrogen-bond acceptors (Lipinski definition) is 5. The van der Waals surface area contributed by atoms with Crippen LogP contribution < -0.4 is 5.32 Å². The normalized spacial score (nSPS) is 10.1. The first kappa shape index (κ1) is 12.7. The summed E-state index contributed by atoms with van der Waals surface area (Å²) in [5.74, 6) is -1.60. The zero-order chi connectivity index (χ0) is 13.7. The molecule has 0 saturated heterocycles. The van der Waals surface area contributed by atoms with Crippen LogP contribution in [-0.2, 0) is 6.54 Å². The minimum Gasteiger partial charge on any atom is -0.477 e. The van der Waals surface area contributed by atoms with Gasteiger partial charge >= 0.3 is 5.97 Å². The highest BCUT2D eigenvalue weighted by Gasteiger charge is 2.10. The predicted octanol–water partition coefficient (Wildman–Crippen LogP) is -0.199. The molecule has 2 heterocycles. The average Bonchev–Trinajstić information content (AvgIpc) is 2.92. The summed E-state index contributed by atoms with van der Waals surface area (Å²) in [7, 11) is 0. The quantitative estimate of drug-likeness (QED) is 0.771. The van der Waals surface area contributed by atoms with Crippen molar-refractivity contribution < 1.29 is 14.7 Å². The molecule has 0 fully saturated rings. The van der Waals surface area contributed by atoms with Crippen molar-refractivity contribution in [3.05, 3.63) is 42.0 Å². The number of rotatable bonds is 5. The Morgan fingerprint density at radius 2 is 2.11 bits per heavy atom. The number of hydrogen-bond donors (Lipinski definition) is 2. The molecule has 2 rings (SSSR count). The molecule has 0 radical (unpaired) electrons. The maximum atomic E-state index is 11.7. The third-order valence-corrected chi connectivity index (χ3v) is 2.30. The Bertz CT molecular complexity index is 582. The molecular formula is C11H11N5O3. The van der Waals surface area contributed by atoms with Gasteiger partial charge in [-0.05, 0) is 12.1 Å². The van der Waals surface area contributed by atoms with E-state index in [1.54, 1.807) is 17.1 Å². The van der Waals surface area contributed by atoms with E-state index in [0.717, 1.165) is 0 Å². The SMILES string of the molecule is O=C(O)c1cccc(C(=O)NCCn2ccnn2)n1. The van der Waals surface area contributed by atoms with Gasteiger partial charge in [0.2, 0.25) is 0 Å². The van der Waals surface area contributed by atoms with E-state index in [2.05, 4.69) is 20.6 Å². The Labute approximate surface area is 108 Å². The molecule has 0 aliphatic carbocycles. The molecule has 0 aliphatic rings. The van der Waals surface area contributed by atoms with Gasteiger partial charge in [-0.3, -0.25) is 9.48 Å². The Hall–Kier alpha value is -2.77. The summed E-state index contributed by atoms with van der Waals surface area (Å²) in [4.78, 5) is 26.2. The first-order valence-corrected chi connectivity index (χ1v) is 5.49. The Balaban J connectivity index is 1.92. The molecule has 0 aliphatic heterocycles. The molecule has 19 heavy (non-hydrogen) atoms. The lowest BCUT2D eigenvalue weighted by Crippen LogP contribution is -2.28. The molecule has 0 aromatic carbocycles. The molecule has 1 amide bonds. The van der Waals surface area contributed by atoms with E-state index in [1.165, 1.54) is 18.2 Å². The van der Waals surface area contributed by atoms with Crippen LogP contribution in [0.2, 0.25) is 0 Å². The van der Waals surface area contributed by atoms with Gasteiger partial charge in [0.15, 0.2) is 0 Å². The van der Waals surface area contributed by atoms with Gasteiger partial charge in [0, 0.05) is 12.7 Å². The van der Waals surface area contributed by atoms with Crippen LogP contribution in [0, 0.1) is 0 Å². The smallest absolute Gasteiger partial charge is 0.354 e. The summed E-state index contributed by atoms with van der Waals surface area (Å²) in [5.41, 5.74) is -0.0950. The number of aromatic carboxylic acids is 1. The molecule has 8 heteroatoms. The topological polar surface area (TPSA) is 110 Å². The van der Waals surface area contributed by atoms with Crippen molar-refractivity contribution in [2.24, 2.45) is 0 Å². The van der Waals surface area contributed by atoms with Crippen molar-refractivity contribution >= 4 is 11.9 Å². The van der Waals surface area contributed by atoms with E-state index in [-0.39, 0.29) is 11.4 Å². The maximum absolute atomic E-state index is 11.7. The molecular weight excluding hydrogens is 250 g/mol. The molecule has 8 nitrogen and oxygen atoms in total. The van der Waals surface area contributed by atoms with E-state index < -0.39 is 11.9 Å². The van der Waals surface area contributed by atoms with E-state index in [4.69, 9.17) is 5.11 Å². The van der Waals surface area contributed by atoms with E-state index in [1.807, 2.05) is 0 Å². The van der Waals surface area contributed by atoms with Gasteiger partial charge in [0.05, 0.1) is 12.7 Å². The molecule has 0 saturated carbocycles. The Morgan fingerprint density at radius 1 is 1.32 bits per heavy atom. The largest absolute Gasteiger partial charge is 0.477 e. The van der Waals surface area contributed by atoms with Crippen molar-refractivity contribution in [3.63, 3.8) is 0 Å². The second kappa shape index (κ2) is 5.71. The number of carbonyl (C=O) groups excluding carboxylic acids is 1. The third-order valence-electron chi connectivity index (χ3n) is 2.30. The number of nitrogens with one attached hydrogen (secondary N) is 1. The first-order chi connectivity index (χ1) is 9.16. The van der Waals surface area contributed by atoms with Gasteiger partial charge in [0.25, 0.3) is 5.91 Å². The summed E-state index contributed by atoms with van der Waals surface area (Å²) in [5, 5.41) is 18.8. The van der Waals surface area contributed by atoms with Gasteiger partial charge in [0.1, 0.15) is 11.4 Å². The van der Waals surface area contributed by atoms with Crippen LogP contribution in [0.25, 0.3) is 0 Å². The number of nitrogens with zero attached hydrogens (tertiary/aromatic N) is 4. The average molecular weight is 261 g/mol. The monoisotopic (exact) mass is 261 g/mol. The van der Waals surface area contributed by atoms with E-state index in [9.17, 15) is 9.59 Å². The molecule has 0 spiro atoms. The van der Waals surface area contributed by atoms with Gasteiger partial charge in [-0.15, -0.1) is 5.10 Å². The molecule has 2 N–H and O–H groups in total. The summed E-state index contributed by atoms with van der Waals surface area (Å²) >= 11 is 0. The fourth-order valence-corrected chi connectivity index (χ4v) is 1.41. The standard InChI is InChI=1S/C11H11N5O3/c17-10(12-4-6-16-7-5-13-15-16)8-2-1-3-9(14-8)11(18)19/h1-3,5,7H,4,6H2,(H,12,17)(H,18,19). The van der Waals surface area contributed by atoms with Crippen LogP contribution in [0.3, 0.4) is 0 Å². The van der Waals surface area contributed by atoms with Gasteiger partial charge < -0.3 is 10.4 Å². The van der Waals surface area contributed by atoms with Crippen LogP contribution in [0.1, 0.15) is 21.0 Å². The lowest BCUT2D eigenvalue weighted by atomic mass is 10.3. The molecule has 0 bridgehead atoms. The van der Waals surface area contributed by atoms with Crippen LogP contribution in [-0.4, -0.2) is 43.5 Å². The number of carboxylic acid groups (broad SMARTS) is 1. The third kappa shape index (κ3) is 3.35. The fourth-order valence-electron chi connectivity index (χ4n) is 1.41. The lowest BCUT2D eigenvalue weighted by Gasteiger charge is -2.04. The van der Waals surface area contributed by atoms with Gasteiger partial charge in [-0.25, -0.2) is 9.78 Å². The summed E-state index contributed by atoms with van der Waals surface area (Å²) in [6, 6.07) is 4.26. The Morgan fingerprint density at radius 3 is 2.79 bits per heavy atom. The summed E-state index contributed by atoms with van der Waals surface area (Å²) in [6.45, 7) is 0.825. The number of carbonyl (C=O) groups is 2. The van der Waals surface area contributed by atoms with Crippen molar-refractivity contribution in [1.82, 2.24) is 25.3 Å². The number of amides is 1. The van der Waals surface area contributed by atoms with Crippen molar-refractivity contribution in [1.29, 1.82) is 0 Å². The highest BCUT2D eigenvalue weighted by Crippen LogP contribution is 1.99. The molecule has 2 aromatic rings. The van der Waals surface area contributed by atoms with Crippen molar-refractivity contribution in [2.45, 2.75) is 6.54 Å². The number of carboxylic acids is 1. The van der Waals surface area contributed by atoms with E-state index in [0.29, 0.717) is 13.1 Å². The first-order valence-electron chi connectivity index (χ1n) is 5.49. The highest BCUT2D eigenvalue weighted by molar-refractivity contribution is 5.94. The lowest BCUT2D eigenvalue weighted by molar-refractivity contribution is 0.0690. The number of pyridine rings is 1. The zero-order valence-electron chi connectivity index (χ0n) is 9.85. The minimum atomic E-state index is -1.17. The van der Waals surface area contributed by atoms with Gasteiger partial charge in [-0.1, -0.05) is 11.3 Å². The molecule has 0 unspecified atom stereocenters.